The van der Waals surface area contributed by atoms with Crippen LogP contribution in [0.5, 0.6) is 5.75 Å². The first-order valence-corrected chi connectivity index (χ1v) is 10.5. The van der Waals surface area contributed by atoms with Crippen LogP contribution in [0, 0.1) is 0 Å². The predicted octanol–water partition coefficient (Wildman–Crippen LogP) is 5.19. The van der Waals surface area contributed by atoms with Gasteiger partial charge in [-0.1, -0.05) is 35.9 Å². The van der Waals surface area contributed by atoms with E-state index in [-0.39, 0.29) is 0 Å². The van der Waals surface area contributed by atoms with Crippen molar-refractivity contribution in [3.8, 4) is 16.9 Å². The molecule has 28 heavy (non-hydrogen) atoms. The zero-order valence-corrected chi connectivity index (χ0v) is 17.1. The second-order valence-corrected chi connectivity index (χ2v) is 8.13. The van der Waals surface area contributed by atoms with Crippen molar-refractivity contribution in [2.24, 2.45) is 0 Å². The molecule has 1 aromatic heterocycles. The smallest absolute Gasteiger partial charge is 0.120 e. The lowest BCUT2D eigenvalue weighted by Gasteiger charge is -2.28. The van der Waals surface area contributed by atoms with Gasteiger partial charge in [0.1, 0.15) is 10.8 Å². The van der Waals surface area contributed by atoms with Crippen LogP contribution in [0.2, 0.25) is 5.02 Å². The minimum absolute atomic E-state index is 0.738. The highest BCUT2D eigenvalue weighted by molar-refractivity contribution is 7.11. The molecular formula is C22H20ClN3OS. The maximum atomic E-state index is 6.81. The Kier molecular flexibility index (Phi) is 4.59. The van der Waals surface area contributed by atoms with Crippen molar-refractivity contribution in [1.82, 2.24) is 9.69 Å². The zero-order valence-electron chi connectivity index (χ0n) is 15.5. The van der Waals surface area contributed by atoms with Crippen molar-refractivity contribution < 1.29 is 4.74 Å². The first-order chi connectivity index (χ1) is 13.7. The van der Waals surface area contributed by atoms with Gasteiger partial charge >= 0.3 is 0 Å². The number of methoxy groups -OCH3 is 1. The average Bonchev–Trinajstić information content (AvgIpc) is 3.15. The maximum Gasteiger partial charge on any atom is 0.120 e. The summed E-state index contributed by atoms with van der Waals surface area (Å²) in [4.78, 5) is 2.40. The minimum Gasteiger partial charge on any atom is -0.497 e. The lowest BCUT2D eigenvalue weighted by molar-refractivity contribution is 0.415. The lowest BCUT2D eigenvalue weighted by Crippen LogP contribution is -2.43. The number of piperazine rings is 1. The Hall–Kier alpha value is -2.34. The fraction of sp³-hybridized carbons (Fsp3) is 0.227. The molecule has 0 unspecified atom stereocenters. The predicted molar refractivity (Wildman–Crippen MR) is 119 cm³/mol. The van der Waals surface area contributed by atoms with E-state index in [9.17, 15) is 0 Å². The molecule has 0 spiro atoms. The van der Waals surface area contributed by atoms with Gasteiger partial charge in [-0.25, -0.2) is 0 Å². The van der Waals surface area contributed by atoms with Crippen LogP contribution >= 0.6 is 23.1 Å². The molecule has 0 saturated carbocycles. The van der Waals surface area contributed by atoms with Crippen LogP contribution in [0.25, 0.3) is 32.8 Å². The summed E-state index contributed by atoms with van der Waals surface area (Å²) in [6, 6.07) is 16.6. The third-order valence-electron chi connectivity index (χ3n) is 5.31. The molecule has 0 amide bonds. The Bertz CT molecular complexity index is 1170. The number of fused-ring (bicyclic) bond motifs is 2. The van der Waals surface area contributed by atoms with Crippen LogP contribution in [0.1, 0.15) is 0 Å². The fourth-order valence-electron chi connectivity index (χ4n) is 3.88. The number of rotatable bonds is 3. The zero-order chi connectivity index (χ0) is 19.1. The normalized spacial score (nSPS) is 14.7. The molecule has 142 valence electrons. The van der Waals surface area contributed by atoms with E-state index < -0.39 is 0 Å². The van der Waals surface area contributed by atoms with E-state index in [2.05, 4.69) is 52.7 Å². The number of halogens is 1. The number of anilines is 1. The van der Waals surface area contributed by atoms with E-state index in [1.54, 1.807) is 18.6 Å². The Balaban J connectivity index is 1.68. The molecule has 6 heteroatoms. The van der Waals surface area contributed by atoms with Crippen molar-refractivity contribution in [2.45, 2.75) is 0 Å². The first kappa shape index (κ1) is 17.7. The molecular weight excluding hydrogens is 390 g/mol. The molecule has 0 bridgehead atoms. The van der Waals surface area contributed by atoms with E-state index in [1.165, 1.54) is 5.00 Å². The summed E-state index contributed by atoms with van der Waals surface area (Å²) >= 11 is 8.36. The number of aromatic nitrogens is 1. The van der Waals surface area contributed by atoms with Crippen LogP contribution in [0.15, 0.2) is 48.5 Å². The van der Waals surface area contributed by atoms with E-state index in [0.717, 1.165) is 69.8 Å². The molecule has 0 atom stereocenters. The van der Waals surface area contributed by atoms with Gasteiger partial charge in [0.15, 0.2) is 0 Å². The fourth-order valence-corrected chi connectivity index (χ4v) is 5.04. The van der Waals surface area contributed by atoms with Gasteiger partial charge in [-0.3, -0.25) is 0 Å². The summed E-state index contributed by atoms with van der Waals surface area (Å²) in [6.45, 7) is 4.00. The van der Waals surface area contributed by atoms with Gasteiger partial charge in [-0.2, -0.15) is 4.37 Å². The Morgan fingerprint density at radius 1 is 1.04 bits per heavy atom. The molecule has 1 fully saturated rings. The molecule has 1 aliphatic rings. The molecule has 3 aromatic carbocycles. The van der Waals surface area contributed by atoms with Crippen LogP contribution < -0.4 is 15.0 Å². The number of nitrogens with zero attached hydrogens (tertiary/aromatic N) is 2. The largest absolute Gasteiger partial charge is 0.497 e. The molecule has 0 aliphatic carbocycles. The summed E-state index contributed by atoms with van der Waals surface area (Å²) in [5, 5.41) is 8.77. The van der Waals surface area contributed by atoms with Crippen LogP contribution in [0.3, 0.4) is 0 Å². The summed E-state index contributed by atoms with van der Waals surface area (Å²) in [6.07, 6.45) is 0. The third kappa shape index (κ3) is 3.00. The number of benzene rings is 3. The summed E-state index contributed by atoms with van der Waals surface area (Å²) in [5.74, 6) is 0.824. The van der Waals surface area contributed by atoms with Gasteiger partial charge < -0.3 is 15.0 Å². The quantitative estimate of drug-likeness (QED) is 0.505. The Morgan fingerprint density at radius 3 is 2.68 bits per heavy atom. The van der Waals surface area contributed by atoms with Gasteiger partial charge in [0.05, 0.1) is 12.6 Å². The highest BCUT2D eigenvalue weighted by Gasteiger charge is 2.19. The van der Waals surface area contributed by atoms with E-state index in [1.807, 2.05) is 6.07 Å². The van der Waals surface area contributed by atoms with E-state index >= 15 is 0 Å². The topological polar surface area (TPSA) is 37.4 Å². The van der Waals surface area contributed by atoms with E-state index in [4.69, 9.17) is 20.7 Å². The number of hydrogen-bond donors (Lipinski definition) is 1. The van der Waals surface area contributed by atoms with Gasteiger partial charge in [0.25, 0.3) is 0 Å². The van der Waals surface area contributed by atoms with Gasteiger partial charge in [-0.15, -0.1) is 0 Å². The second-order valence-electron chi connectivity index (χ2n) is 6.97. The first-order valence-electron chi connectivity index (χ1n) is 9.36. The van der Waals surface area contributed by atoms with Crippen LogP contribution in [-0.4, -0.2) is 37.7 Å². The summed E-state index contributed by atoms with van der Waals surface area (Å²) < 4.78 is 10.3. The summed E-state index contributed by atoms with van der Waals surface area (Å²) in [5.41, 5.74) is 3.05. The SMILES string of the molecule is COc1cc(-c2cc3nsc(N4CCNCC4)c3cc2Cl)c2ccccc2c1. The number of hydrogen-bond acceptors (Lipinski definition) is 5. The lowest BCUT2D eigenvalue weighted by atomic mass is 9.97. The minimum atomic E-state index is 0.738. The van der Waals surface area contributed by atoms with Crippen molar-refractivity contribution >= 4 is 49.8 Å². The van der Waals surface area contributed by atoms with Crippen LogP contribution in [-0.2, 0) is 0 Å². The molecule has 2 heterocycles. The van der Waals surface area contributed by atoms with Crippen molar-refractivity contribution in [2.75, 3.05) is 38.2 Å². The maximum absolute atomic E-state index is 6.81. The average molecular weight is 410 g/mol. The van der Waals surface area contributed by atoms with Gasteiger partial charge in [0.2, 0.25) is 0 Å². The monoisotopic (exact) mass is 409 g/mol. The third-order valence-corrected chi connectivity index (χ3v) is 6.56. The molecule has 1 N–H and O–H groups in total. The molecule has 0 radical (unpaired) electrons. The van der Waals surface area contributed by atoms with Crippen molar-refractivity contribution in [1.29, 1.82) is 0 Å². The summed E-state index contributed by atoms with van der Waals surface area (Å²) in [7, 11) is 1.69. The molecule has 1 saturated heterocycles. The molecule has 5 rings (SSSR count). The Labute approximate surface area is 172 Å². The van der Waals surface area contributed by atoms with Crippen LogP contribution in [0.4, 0.5) is 5.00 Å². The molecule has 1 aliphatic heterocycles. The Morgan fingerprint density at radius 2 is 1.86 bits per heavy atom. The van der Waals surface area contributed by atoms with Crippen molar-refractivity contribution in [3.05, 3.63) is 53.6 Å². The molecule has 4 aromatic rings. The second kappa shape index (κ2) is 7.24. The number of nitrogens with one attached hydrogen (secondary N) is 1. The molecule has 4 nitrogen and oxygen atoms in total. The standard InChI is InChI=1S/C22H20ClN3OS/c1-27-15-10-14-4-2-3-5-16(14)17(11-15)18-13-21-19(12-20(18)23)22(28-25-21)26-8-6-24-7-9-26/h2-5,10-13,24H,6-9H2,1H3. The van der Waals surface area contributed by atoms with Gasteiger partial charge in [-0.05, 0) is 52.1 Å². The highest BCUT2D eigenvalue weighted by atomic mass is 35.5. The number of ether oxygens (including phenoxy) is 1. The van der Waals surface area contributed by atoms with Gasteiger partial charge in [0, 0.05) is 42.2 Å². The van der Waals surface area contributed by atoms with Crippen molar-refractivity contribution in [3.63, 3.8) is 0 Å². The van der Waals surface area contributed by atoms with E-state index in [0.29, 0.717) is 0 Å². The highest BCUT2D eigenvalue weighted by Crippen LogP contribution is 2.41.